The van der Waals surface area contributed by atoms with E-state index in [0.29, 0.717) is 16.7 Å². The van der Waals surface area contributed by atoms with Crippen LogP contribution in [0, 0.1) is 6.92 Å². The van der Waals surface area contributed by atoms with Gasteiger partial charge in [-0.15, -0.1) is 0 Å². The van der Waals surface area contributed by atoms with Gasteiger partial charge in [-0.3, -0.25) is 14.3 Å². The van der Waals surface area contributed by atoms with E-state index in [0.717, 1.165) is 5.56 Å². The van der Waals surface area contributed by atoms with Gasteiger partial charge in [0, 0.05) is 6.20 Å². The maximum absolute atomic E-state index is 12.1. The van der Waals surface area contributed by atoms with Crippen molar-refractivity contribution >= 4 is 22.5 Å². The zero-order valence-electron chi connectivity index (χ0n) is 8.56. The number of aryl methyl sites for hydroxylation is 1. The van der Waals surface area contributed by atoms with Crippen molar-refractivity contribution in [2.75, 3.05) is 5.73 Å². The number of anilines is 1. The summed E-state index contributed by atoms with van der Waals surface area (Å²) in [5, 5.41) is 6.80. The Bertz CT molecular complexity index is 755. The molecule has 3 aromatic rings. The number of fused-ring (bicyclic) bond motifs is 2. The van der Waals surface area contributed by atoms with Crippen molar-refractivity contribution in [1.82, 2.24) is 19.6 Å². The fourth-order valence-electron chi connectivity index (χ4n) is 1.77. The van der Waals surface area contributed by atoms with Crippen molar-refractivity contribution in [3.8, 4) is 0 Å². The molecule has 0 aliphatic heterocycles. The summed E-state index contributed by atoms with van der Waals surface area (Å²) in [6.45, 7) is 1.89. The number of aromatic amines is 1. The molecule has 6 nitrogen and oxygen atoms in total. The minimum Gasteiger partial charge on any atom is -0.383 e. The lowest BCUT2D eigenvalue weighted by atomic mass is 10.3. The molecule has 3 N–H and O–H groups in total. The van der Waals surface area contributed by atoms with E-state index in [1.807, 2.05) is 13.0 Å². The SMILES string of the molecule is Cc1cccn2c(=O)c3c(N)[nH]nc3nc12. The minimum atomic E-state index is -0.199. The average Bonchev–Trinajstić information content (AvgIpc) is 2.63. The second kappa shape index (κ2) is 2.82. The van der Waals surface area contributed by atoms with Crippen LogP contribution >= 0.6 is 0 Å². The Labute approximate surface area is 89.7 Å². The third-order valence-electron chi connectivity index (χ3n) is 2.58. The molecule has 3 aromatic heterocycles. The molecule has 0 spiro atoms. The Kier molecular flexibility index (Phi) is 1.57. The van der Waals surface area contributed by atoms with Crippen LogP contribution in [0.25, 0.3) is 16.7 Å². The first-order chi connectivity index (χ1) is 7.68. The van der Waals surface area contributed by atoms with Gasteiger partial charge in [0.05, 0.1) is 0 Å². The second-order valence-corrected chi connectivity index (χ2v) is 3.64. The van der Waals surface area contributed by atoms with E-state index in [1.165, 1.54) is 4.40 Å². The Morgan fingerprint density at radius 2 is 2.31 bits per heavy atom. The van der Waals surface area contributed by atoms with Gasteiger partial charge in [-0.25, -0.2) is 4.98 Å². The molecule has 0 radical (unpaired) electrons. The fraction of sp³-hybridized carbons (Fsp3) is 0.100. The second-order valence-electron chi connectivity index (χ2n) is 3.64. The van der Waals surface area contributed by atoms with E-state index in [2.05, 4.69) is 15.2 Å². The van der Waals surface area contributed by atoms with Crippen LogP contribution in [-0.2, 0) is 0 Å². The molecule has 16 heavy (non-hydrogen) atoms. The van der Waals surface area contributed by atoms with Crippen LogP contribution < -0.4 is 11.3 Å². The molecule has 3 rings (SSSR count). The van der Waals surface area contributed by atoms with Gasteiger partial charge in [0.25, 0.3) is 5.56 Å². The molecule has 0 unspecified atom stereocenters. The number of hydrogen-bond donors (Lipinski definition) is 2. The van der Waals surface area contributed by atoms with E-state index in [-0.39, 0.29) is 11.4 Å². The van der Waals surface area contributed by atoms with E-state index >= 15 is 0 Å². The van der Waals surface area contributed by atoms with Gasteiger partial charge < -0.3 is 5.73 Å². The molecule has 0 amide bonds. The average molecular weight is 215 g/mol. The summed E-state index contributed by atoms with van der Waals surface area (Å²) in [5.74, 6) is 0.253. The standard InChI is InChI=1S/C10H9N5O/c1-5-3-2-4-15-9(5)12-8-6(10(15)16)7(11)13-14-8/h2-4H,1H3,(H3,11,13,14). The first-order valence-electron chi connectivity index (χ1n) is 4.80. The molecule has 0 bridgehead atoms. The Morgan fingerprint density at radius 1 is 1.50 bits per heavy atom. The first kappa shape index (κ1) is 8.90. The molecule has 0 saturated heterocycles. The molecule has 0 aromatic carbocycles. The predicted molar refractivity (Wildman–Crippen MR) is 60.3 cm³/mol. The summed E-state index contributed by atoms with van der Waals surface area (Å²) < 4.78 is 1.48. The van der Waals surface area contributed by atoms with Crippen molar-refractivity contribution in [2.45, 2.75) is 6.92 Å². The Hall–Kier alpha value is -2.37. The van der Waals surface area contributed by atoms with Gasteiger partial charge >= 0.3 is 0 Å². The normalized spacial score (nSPS) is 11.3. The van der Waals surface area contributed by atoms with Crippen molar-refractivity contribution < 1.29 is 0 Å². The largest absolute Gasteiger partial charge is 0.383 e. The summed E-state index contributed by atoms with van der Waals surface area (Å²) in [7, 11) is 0. The number of aromatic nitrogens is 4. The van der Waals surface area contributed by atoms with Gasteiger partial charge in [0.15, 0.2) is 5.65 Å². The molecule has 0 aliphatic rings. The maximum Gasteiger partial charge on any atom is 0.271 e. The monoisotopic (exact) mass is 215 g/mol. The predicted octanol–water partition coefficient (Wildman–Crippen LogP) is 0.461. The van der Waals surface area contributed by atoms with Crippen LogP contribution in [-0.4, -0.2) is 19.6 Å². The molecule has 0 saturated carbocycles. The van der Waals surface area contributed by atoms with E-state index < -0.39 is 0 Å². The molecule has 6 heteroatoms. The lowest BCUT2D eigenvalue weighted by Crippen LogP contribution is -2.15. The maximum atomic E-state index is 12.1. The van der Waals surface area contributed by atoms with Crippen molar-refractivity contribution in [3.63, 3.8) is 0 Å². The van der Waals surface area contributed by atoms with Gasteiger partial charge in [-0.05, 0) is 18.6 Å². The smallest absolute Gasteiger partial charge is 0.271 e. The number of nitrogens with zero attached hydrogens (tertiary/aromatic N) is 3. The molecule has 80 valence electrons. The van der Waals surface area contributed by atoms with E-state index in [4.69, 9.17) is 5.73 Å². The number of nitrogens with one attached hydrogen (secondary N) is 1. The number of H-pyrrole nitrogens is 1. The highest BCUT2D eigenvalue weighted by Gasteiger charge is 2.11. The van der Waals surface area contributed by atoms with Crippen LogP contribution in [0.3, 0.4) is 0 Å². The summed E-state index contributed by atoms with van der Waals surface area (Å²) in [5.41, 5.74) is 7.32. The quantitative estimate of drug-likeness (QED) is 0.570. The number of nitrogen functional groups attached to an aromatic ring is 1. The minimum absolute atomic E-state index is 0.199. The van der Waals surface area contributed by atoms with Crippen LogP contribution in [0.5, 0.6) is 0 Å². The summed E-state index contributed by atoms with van der Waals surface area (Å²) in [4.78, 5) is 16.4. The van der Waals surface area contributed by atoms with Crippen molar-refractivity contribution in [3.05, 3.63) is 34.2 Å². The summed E-state index contributed by atoms with van der Waals surface area (Å²) >= 11 is 0. The van der Waals surface area contributed by atoms with Crippen molar-refractivity contribution in [2.24, 2.45) is 0 Å². The Balaban J connectivity index is 2.69. The number of pyridine rings is 1. The lowest BCUT2D eigenvalue weighted by Gasteiger charge is -2.02. The third-order valence-corrected chi connectivity index (χ3v) is 2.58. The fourth-order valence-corrected chi connectivity index (χ4v) is 1.77. The summed E-state index contributed by atoms with van der Waals surface area (Å²) in [6.07, 6.45) is 1.67. The van der Waals surface area contributed by atoms with Crippen LogP contribution in [0.1, 0.15) is 5.56 Å². The van der Waals surface area contributed by atoms with Crippen LogP contribution in [0.15, 0.2) is 23.1 Å². The first-order valence-corrected chi connectivity index (χ1v) is 4.80. The third kappa shape index (κ3) is 0.979. The van der Waals surface area contributed by atoms with Crippen molar-refractivity contribution in [1.29, 1.82) is 0 Å². The highest BCUT2D eigenvalue weighted by molar-refractivity contribution is 5.86. The molecule has 3 heterocycles. The highest BCUT2D eigenvalue weighted by Crippen LogP contribution is 2.13. The highest BCUT2D eigenvalue weighted by atomic mass is 16.1. The van der Waals surface area contributed by atoms with Gasteiger partial charge in [-0.2, -0.15) is 5.10 Å². The number of hydrogen-bond acceptors (Lipinski definition) is 4. The zero-order chi connectivity index (χ0) is 11.3. The van der Waals surface area contributed by atoms with Gasteiger partial charge in [-0.1, -0.05) is 6.07 Å². The number of nitrogens with two attached hydrogens (primary N) is 1. The molecular weight excluding hydrogens is 206 g/mol. The van der Waals surface area contributed by atoms with Crippen LogP contribution in [0.4, 0.5) is 5.82 Å². The number of rotatable bonds is 0. The van der Waals surface area contributed by atoms with Gasteiger partial charge in [0.1, 0.15) is 16.9 Å². The van der Waals surface area contributed by atoms with Crippen LogP contribution in [0.2, 0.25) is 0 Å². The molecular formula is C10H9N5O. The zero-order valence-corrected chi connectivity index (χ0v) is 8.56. The molecule has 0 aliphatic carbocycles. The molecule has 0 fully saturated rings. The van der Waals surface area contributed by atoms with E-state index in [9.17, 15) is 4.79 Å². The topological polar surface area (TPSA) is 89.1 Å². The Morgan fingerprint density at radius 3 is 3.12 bits per heavy atom. The molecule has 0 atom stereocenters. The van der Waals surface area contributed by atoms with E-state index in [1.54, 1.807) is 12.3 Å². The van der Waals surface area contributed by atoms with Gasteiger partial charge in [0.2, 0.25) is 0 Å². The lowest BCUT2D eigenvalue weighted by molar-refractivity contribution is 1.05. The summed E-state index contributed by atoms with van der Waals surface area (Å²) in [6, 6.07) is 3.69.